The maximum atomic E-state index is 14.5. The third kappa shape index (κ3) is 7.13. The molecule has 0 saturated heterocycles. The molecule has 10 nitrogen and oxygen atoms in total. The summed E-state index contributed by atoms with van der Waals surface area (Å²) in [5.74, 6) is -0.375. The number of aromatic nitrogens is 5. The van der Waals surface area contributed by atoms with Crippen LogP contribution in [-0.2, 0) is 35.5 Å². The fraction of sp³-hybridized carbons (Fsp3) is 0.200. The zero-order valence-corrected chi connectivity index (χ0v) is 24.9. The fourth-order valence-electron chi connectivity index (χ4n) is 5.48. The van der Waals surface area contributed by atoms with E-state index in [1.165, 1.54) is 18.7 Å². The maximum Gasteiger partial charge on any atom is 0.316 e. The Morgan fingerprint density at radius 1 is 0.933 bits per heavy atom. The lowest BCUT2D eigenvalue weighted by atomic mass is 9.97. The van der Waals surface area contributed by atoms with Gasteiger partial charge in [-0.05, 0) is 46.9 Å². The van der Waals surface area contributed by atoms with Crippen molar-refractivity contribution in [1.82, 2.24) is 34.8 Å². The van der Waals surface area contributed by atoms with E-state index in [-0.39, 0.29) is 24.4 Å². The average Bonchev–Trinajstić information content (AvgIpc) is 3.64. The minimum absolute atomic E-state index is 0.0814. The van der Waals surface area contributed by atoms with Crippen molar-refractivity contribution in [3.63, 3.8) is 0 Å². The Morgan fingerprint density at radius 3 is 2.38 bits per heavy atom. The van der Waals surface area contributed by atoms with Crippen LogP contribution in [0.1, 0.15) is 27.8 Å². The first-order valence-electron chi connectivity index (χ1n) is 14.8. The molecule has 0 spiro atoms. The Kier molecular flexibility index (Phi) is 9.01. The van der Waals surface area contributed by atoms with Crippen molar-refractivity contribution >= 4 is 17.9 Å². The maximum absolute atomic E-state index is 14.5. The van der Waals surface area contributed by atoms with Crippen molar-refractivity contribution < 1.29 is 14.3 Å². The van der Waals surface area contributed by atoms with Crippen LogP contribution in [0.2, 0.25) is 0 Å². The highest BCUT2D eigenvalue weighted by atomic mass is 16.5. The molecule has 3 heterocycles. The molecule has 6 rings (SSSR count). The van der Waals surface area contributed by atoms with Gasteiger partial charge in [-0.25, -0.2) is 14.6 Å². The summed E-state index contributed by atoms with van der Waals surface area (Å²) in [6.45, 7) is 1.33. The minimum atomic E-state index is -0.739. The normalized spacial score (nSPS) is 13.3. The van der Waals surface area contributed by atoms with Gasteiger partial charge in [-0.3, -0.25) is 9.59 Å². The summed E-state index contributed by atoms with van der Waals surface area (Å²) >= 11 is 0. The lowest BCUT2D eigenvalue weighted by Crippen LogP contribution is -2.52. The van der Waals surface area contributed by atoms with Gasteiger partial charge in [-0.15, -0.1) is 5.10 Å². The molecular weight excluding hydrogens is 566 g/mol. The van der Waals surface area contributed by atoms with E-state index in [2.05, 4.69) is 32.4 Å². The first-order valence-corrected chi connectivity index (χ1v) is 14.8. The molecule has 0 saturated carbocycles. The topological polar surface area (TPSA) is 106 Å². The van der Waals surface area contributed by atoms with E-state index in [9.17, 15) is 9.59 Å². The number of ether oxygens (including phenoxy) is 1. The number of benzene rings is 3. The van der Waals surface area contributed by atoms with Crippen LogP contribution in [0.3, 0.4) is 0 Å². The van der Waals surface area contributed by atoms with Crippen molar-refractivity contribution in [2.45, 2.75) is 32.0 Å². The van der Waals surface area contributed by atoms with Gasteiger partial charge in [0.15, 0.2) is 0 Å². The van der Waals surface area contributed by atoms with Crippen LogP contribution in [0.25, 0.3) is 11.8 Å². The molecule has 226 valence electrons. The number of nitrogens with zero attached hydrogens (tertiary/aromatic N) is 7. The first-order chi connectivity index (χ1) is 22.1. The Bertz CT molecular complexity index is 1760. The number of methoxy groups -OCH3 is 1. The number of rotatable bonds is 10. The molecule has 0 aliphatic carbocycles. The van der Waals surface area contributed by atoms with E-state index in [1.807, 2.05) is 71.6 Å². The van der Waals surface area contributed by atoms with Gasteiger partial charge in [-0.1, -0.05) is 71.9 Å². The van der Waals surface area contributed by atoms with Crippen molar-refractivity contribution in [2.24, 2.45) is 0 Å². The number of hydrogen-bond acceptors (Lipinski definition) is 7. The average molecular weight is 600 g/mol. The second kappa shape index (κ2) is 13.8. The molecule has 2 aromatic heterocycles. The van der Waals surface area contributed by atoms with Crippen LogP contribution in [0.15, 0.2) is 110 Å². The Morgan fingerprint density at radius 2 is 1.67 bits per heavy atom. The molecule has 5 aromatic rings. The summed E-state index contributed by atoms with van der Waals surface area (Å²) in [4.78, 5) is 40.4. The second-order valence-corrected chi connectivity index (χ2v) is 10.8. The zero-order valence-electron chi connectivity index (χ0n) is 24.9. The molecule has 0 N–H and O–H groups in total. The predicted molar refractivity (Wildman–Crippen MR) is 169 cm³/mol. The SMILES string of the molecule is COc1ncc(C=CC(=O)N(Cc2ccc(-n3ccnn3)cc2)[C@@H](Cc2ccccc2)C(=O)N2CCc3ccccc3C2)cn1. The Hall–Kier alpha value is -5.64. The molecule has 0 radical (unpaired) electrons. The van der Waals surface area contributed by atoms with Gasteiger partial charge in [0.05, 0.1) is 25.2 Å². The van der Waals surface area contributed by atoms with Gasteiger partial charge in [0, 0.05) is 50.1 Å². The smallest absolute Gasteiger partial charge is 0.316 e. The molecule has 0 unspecified atom stereocenters. The molecule has 10 heteroatoms. The number of hydrogen-bond donors (Lipinski definition) is 0. The summed E-state index contributed by atoms with van der Waals surface area (Å²) in [6.07, 6.45) is 10.8. The van der Waals surface area contributed by atoms with E-state index >= 15 is 0 Å². The third-order valence-corrected chi connectivity index (χ3v) is 7.88. The van der Waals surface area contributed by atoms with Crippen LogP contribution in [0, 0.1) is 0 Å². The highest BCUT2D eigenvalue weighted by molar-refractivity contribution is 5.95. The first kappa shape index (κ1) is 29.4. The van der Waals surface area contributed by atoms with Gasteiger partial charge in [0.2, 0.25) is 11.8 Å². The molecule has 1 aliphatic heterocycles. The van der Waals surface area contributed by atoms with Gasteiger partial charge in [-0.2, -0.15) is 0 Å². The van der Waals surface area contributed by atoms with Crippen molar-refractivity contribution in [1.29, 1.82) is 0 Å². The van der Waals surface area contributed by atoms with E-state index < -0.39 is 6.04 Å². The predicted octanol–water partition coefficient (Wildman–Crippen LogP) is 4.30. The Balaban J connectivity index is 1.33. The fourth-order valence-corrected chi connectivity index (χ4v) is 5.48. The third-order valence-electron chi connectivity index (χ3n) is 7.88. The summed E-state index contributed by atoms with van der Waals surface area (Å²) in [6, 6.07) is 25.3. The van der Waals surface area contributed by atoms with Crippen molar-refractivity contribution in [2.75, 3.05) is 13.7 Å². The molecule has 45 heavy (non-hydrogen) atoms. The summed E-state index contributed by atoms with van der Waals surface area (Å²) in [5, 5.41) is 7.94. The number of fused-ring (bicyclic) bond motifs is 1. The highest BCUT2D eigenvalue weighted by Crippen LogP contribution is 2.23. The molecule has 0 bridgehead atoms. The van der Waals surface area contributed by atoms with Crippen molar-refractivity contribution in [3.05, 3.63) is 138 Å². The van der Waals surface area contributed by atoms with Gasteiger partial charge < -0.3 is 14.5 Å². The zero-order chi connectivity index (χ0) is 31.0. The molecule has 1 atom stereocenters. The van der Waals surface area contributed by atoms with Crippen LogP contribution in [-0.4, -0.2) is 66.3 Å². The number of carbonyl (C=O) groups is 2. The minimum Gasteiger partial charge on any atom is -0.467 e. The highest BCUT2D eigenvalue weighted by Gasteiger charge is 2.34. The van der Waals surface area contributed by atoms with Gasteiger partial charge >= 0.3 is 6.01 Å². The number of carbonyl (C=O) groups excluding carboxylic acids is 2. The van der Waals surface area contributed by atoms with Crippen LogP contribution in [0.5, 0.6) is 6.01 Å². The summed E-state index contributed by atoms with van der Waals surface area (Å²) in [7, 11) is 1.50. The van der Waals surface area contributed by atoms with Crippen LogP contribution < -0.4 is 4.74 Å². The molecule has 1 aliphatic rings. The standard InChI is InChI=1S/C35H33N7O3/c1-45-35-36-22-28(23-37-35)13-16-33(43)41(24-27-11-14-31(15-12-27)42-20-18-38-39-42)32(21-26-7-3-2-4-8-26)34(44)40-19-17-29-9-5-6-10-30(29)25-40/h2-16,18,20,22-23,32H,17,19,21,24-25H2,1H3/t32-/m0/s1. The number of amides is 2. The van der Waals surface area contributed by atoms with E-state index in [0.717, 1.165) is 28.8 Å². The van der Waals surface area contributed by atoms with Gasteiger partial charge in [0.25, 0.3) is 0 Å². The lowest BCUT2D eigenvalue weighted by molar-refractivity contribution is -0.144. The molecular formula is C35H33N7O3. The lowest BCUT2D eigenvalue weighted by Gasteiger charge is -2.37. The molecule has 3 aromatic carbocycles. The van der Waals surface area contributed by atoms with Gasteiger partial charge in [0.1, 0.15) is 6.04 Å². The molecule has 2 amide bonds. The second-order valence-electron chi connectivity index (χ2n) is 10.8. The van der Waals surface area contributed by atoms with Crippen LogP contribution in [0.4, 0.5) is 0 Å². The Labute approximate surface area is 261 Å². The largest absolute Gasteiger partial charge is 0.467 e. The molecule has 0 fully saturated rings. The van der Waals surface area contributed by atoms with Crippen LogP contribution >= 0.6 is 0 Å². The van der Waals surface area contributed by atoms with E-state index in [0.29, 0.717) is 25.1 Å². The summed E-state index contributed by atoms with van der Waals surface area (Å²) in [5.41, 5.74) is 5.73. The monoisotopic (exact) mass is 599 g/mol. The quantitative estimate of drug-likeness (QED) is 0.220. The van der Waals surface area contributed by atoms with E-state index in [4.69, 9.17) is 4.74 Å². The van der Waals surface area contributed by atoms with E-state index in [1.54, 1.807) is 40.4 Å². The van der Waals surface area contributed by atoms with Crippen molar-refractivity contribution in [3.8, 4) is 11.7 Å². The summed E-state index contributed by atoms with van der Waals surface area (Å²) < 4.78 is 6.72.